The number of anilines is 2. The Balaban J connectivity index is 1.33. The van der Waals surface area contributed by atoms with Gasteiger partial charge in [-0.25, -0.2) is 14.4 Å². The summed E-state index contributed by atoms with van der Waals surface area (Å²) in [6, 6.07) is 8.78. The molecule has 3 heterocycles. The van der Waals surface area contributed by atoms with Crippen LogP contribution in [0, 0.1) is 5.82 Å². The van der Waals surface area contributed by atoms with Gasteiger partial charge in [-0.05, 0) is 18.1 Å². The predicted octanol–water partition coefficient (Wildman–Crippen LogP) is 2.61. The van der Waals surface area contributed by atoms with Crippen molar-refractivity contribution in [2.45, 2.75) is 25.0 Å². The fourth-order valence-corrected chi connectivity index (χ4v) is 3.51. The molecule has 1 N–H and O–H groups in total. The molecular formula is C19H23FN4O2. The first kappa shape index (κ1) is 17.2. The molecular weight excluding hydrogens is 335 g/mol. The van der Waals surface area contributed by atoms with Crippen molar-refractivity contribution in [1.29, 1.82) is 0 Å². The highest BCUT2D eigenvalue weighted by Gasteiger charge is 2.40. The van der Waals surface area contributed by atoms with Crippen LogP contribution in [0.1, 0.15) is 18.4 Å². The molecule has 0 radical (unpaired) electrons. The largest absolute Gasteiger partial charge is 0.370 e. The summed E-state index contributed by atoms with van der Waals surface area (Å²) in [6.07, 6.45) is 3.85. The van der Waals surface area contributed by atoms with Crippen molar-refractivity contribution in [1.82, 2.24) is 9.97 Å². The lowest BCUT2D eigenvalue weighted by molar-refractivity contribution is -0.169. The van der Waals surface area contributed by atoms with Crippen molar-refractivity contribution < 1.29 is 13.9 Å². The Hall–Kier alpha value is -2.25. The number of rotatable bonds is 5. The minimum atomic E-state index is -0.385. The van der Waals surface area contributed by atoms with Crippen molar-refractivity contribution in [3.8, 4) is 0 Å². The van der Waals surface area contributed by atoms with Crippen molar-refractivity contribution in [3.05, 3.63) is 48.0 Å². The van der Waals surface area contributed by atoms with Gasteiger partial charge in [0.15, 0.2) is 5.79 Å². The molecule has 0 saturated carbocycles. The fourth-order valence-electron chi connectivity index (χ4n) is 3.51. The summed E-state index contributed by atoms with van der Waals surface area (Å²) < 4.78 is 25.2. The third-order valence-corrected chi connectivity index (χ3v) is 4.97. The van der Waals surface area contributed by atoms with Gasteiger partial charge in [-0.3, -0.25) is 0 Å². The highest BCUT2D eigenvalue weighted by Crippen LogP contribution is 2.32. The summed E-state index contributed by atoms with van der Waals surface area (Å²) in [6.45, 7) is 3.66. The van der Waals surface area contributed by atoms with Crippen molar-refractivity contribution in [2.24, 2.45) is 0 Å². The van der Waals surface area contributed by atoms with Crippen LogP contribution in [0.2, 0.25) is 0 Å². The second-order valence-electron chi connectivity index (χ2n) is 6.62. The molecule has 6 nitrogen and oxygen atoms in total. The van der Waals surface area contributed by atoms with E-state index < -0.39 is 0 Å². The van der Waals surface area contributed by atoms with Gasteiger partial charge < -0.3 is 19.7 Å². The van der Waals surface area contributed by atoms with Gasteiger partial charge in [-0.15, -0.1) is 0 Å². The average Bonchev–Trinajstić information content (AvgIpc) is 3.12. The van der Waals surface area contributed by atoms with Gasteiger partial charge in [0.05, 0.1) is 13.2 Å². The number of piperidine rings is 1. The van der Waals surface area contributed by atoms with Crippen LogP contribution in [0.3, 0.4) is 0 Å². The van der Waals surface area contributed by atoms with Crippen LogP contribution in [0.15, 0.2) is 36.7 Å². The number of halogens is 1. The first-order chi connectivity index (χ1) is 12.7. The topological polar surface area (TPSA) is 59.5 Å². The van der Waals surface area contributed by atoms with E-state index in [2.05, 4.69) is 20.2 Å². The number of hydrogen-bond acceptors (Lipinski definition) is 6. The van der Waals surface area contributed by atoms with Gasteiger partial charge in [0, 0.05) is 38.5 Å². The third kappa shape index (κ3) is 3.78. The lowest BCUT2D eigenvalue weighted by Gasteiger charge is -2.38. The highest BCUT2D eigenvalue weighted by molar-refractivity contribution is 5.48. The summed E-state index contributed by atoms with van der Waals surface area (Å²) in [7, 11) is 0. The summed E-state index contributed by atoms with van der Waals surface area (Å²) >= 11 is 0. The van der Waals surface area contributed by atoms with Gasteiger partial charge in [-0.2, -0.15) is 0 Å². The zero-order valence-corrected chi connectivity index (χ0v) is 14.7. The molecule has 138 valence electrons. The van der Waals surface area contributed by atoms with Gasteiger partial charge in [-0.1, -0.05) is 18.2 Å². The molecule has 1 spiro atoms. The second-order valence-corrected chi connectivity index (χ2v) is 6.62. The van der Waals surface area contributed by atoms with Crippen LogP contribution >= 0.6 is 0 Å². The molecule has 2 aliphatic rings. The lowest BCUT2D eigenvalue weighted by Crippen LogP contribution is -2.45. The summed E-state index contributed by atoms with van der Waals surface area (Å²) in [4.78, 5) is 10.9. The van der Waals surface area contributed by atoms with Crippen LogP contribution in [0.4, 0.5) is 16.0 Å². The normalized spacial score (nSPS) is 19.0. The molecule has 7 heteroatoms. The Labute approximate surface area is 152 Å². The van der Waals surface area contributed by atoms with E-state index in [-0.39, 0.29) is 11.6 Å². The van der Waals surface area contributed by atoms with E-state index in [0.29, 0.717) is 31.7 Å². The molecule has 0 aliphatic carbocycles. The van der Waals surface area contributed by atoms with Crippen molar-refractivity contribution in [3.63, 3.8) is 0 Å². The van der Waals surface area contributed by atoms with Gasteiger partial charge in [0.2, 0.25) is 0 Å². The number of nitrogens with zero attached hydrogens (tertiary/aromatic N) is 3. The van der Waals surface area contributed by atoms with E-state index in [4.69, 9.17) is 9.47 Å². The van der Waals surface area contributed by atoms with Gasteiger partial charge in [0.25, 0.3) is 0 Å². The molecule has 1 aromatic heterocycles. The first-order valence-corrected chi connectivity index (χ1v) is 9.06. The van der Waals surface area contributed by atoms with Crippen LogP contribution < -0.4 is 10.2 Å². The number of nitrogens with one attached hydrogen (secondary N) is 1. The highest BCUT2D eigenvalue weighted by atomic mass is 19.1. The molecule has 0 unspecified atom stereocenters. The number of ether oxygens (including phenoxy) is 2. The Morgan fingerprint density at radius 3 is 2.65 bits per heavy atom. The third-order valence-electron chi connectivity index (χ3n) is 4.97. The second kappa shape index (κ2) is 7.55. The maximum absolute atomic E-state index is 13.7. The molecule has 0 amide bonds. The SMILES string of the molecule is Fc1ccccc1CCNc1cc(N2CCC3(CC2)OCCO3)ncn1. The summed E-state index contributed by atoms with van der Waals surface area (Å²) in [5.41, 5.74) is 0.701. The molecule has 1 aromatic carbocycles. The van der Waals surface area contributed by atoms with Gasteiger partial charge in [0.1, 0.15) is 23.8 Å². The smallest absolute Gasteiger partial charge is 0.171 e. The Morgan fingerprint density at radius 1 is 1.12 bits per heavy atom. The van der Waals surface area contributed by atoms with Crippen molar-refractivity contribution in [2.75, 3.05) is 43.1 Å². The number of aromatic nitrogens is 2. The summed E-state index contributed by atoms with van der Waals surface area (Å²) in [5.74, 6) is 1.09. The molecule has 0 atom stereocenters. The minimum Gasteiger partial charge on any atom is -0.370 e. The monoisotopic (exact) mass is 358 g/mol. The molecule has 2 aliphatic heterocycles. The van der Waals surface area contributed by atoms with Crippen LogP contribution in [-0.2, 0) is 15.9 Å². The van der Waals surface area contributed by atoms with E-state index in [1.165, 1.54) is 6.07 Å². The molecule has 2 fully saturated rings. The maximum atomic E-state index is 13.7. The number of hydrogen-bond donors (Lipinski definition) is 1. The quantitative estimate of drug-likeness (QED) is 0.887. The molecule has 26 heavy (non-hydrogen) atoms. The number of benzene rings is 1. The standard InChI is InChI=1S/C19H23FN4O2/c20-16-4-2-1-3-15(16)5-8-21-17-13-18(23-14-22-17)24-9-6-19(7-10-24)25-11-12-26-19/h1-4,13-14H,5-12H2,(H,21,22,23). The predicted molar refractivity (Wildman–Crippen MR) is 96.7 cm³/mol. The van der Waals surface area contributed by atoms with Gasteiger partial charge >= 0.3 is 0 Å². The van der Waals surface area contributed by atoms with Crippen LogP contribution in [0.5, 0.6) is 0 Å². The Morgan fingerprint density at radius 2 is 1.88 bits per heavy atom. The Kier molecular flexibility index (Phi) is 4.99. The maximum Gasteiger partial charge on any atom is 0.171 e. The average molecular weight is 358 g/mol. The Bertz CT molecular complexity index is 742. The van der Waals surface area contributed by atoms with E-state index in [1.807, 2.05) is 12.1 Å². The minimum absolute atomic E-state index is 0.170. The molecule has 2 aromatic rings. The molecule has 4 rings (SSSR count). The van der Waals surface area contributed by atoms with Crippen LogP contribution in [-0.4, -0.2) is 48.6 Å². The molecule has 2 saturated heterocycles. The zero-order valence-electron chi connectivity index (χ0n) is 14.7. The van der Waals surface area contributed by atoms with E-state index in [9.17, 15) is 4.39 Å². The van der Waals surface area contributed by atoms with E-state index >= 15 is 0 Å². The summed E-state index contributed by atoms with van der Waals surface area (Å²) in [5, 5.41) is 3.25. The van der Waals surface area contributed by atoms with E-state index in [1.54, 1.807) is 18.5 Å². The fraction of sp³-hybridized carbons (Fsp3) is 0.474. The van der Waals surface area contributed by atoms with Crippen LogP contribution in [0.25, 0.3) is 0 Å². The first-order valence-electron chi connectivity index (χ1n) is 9.06. The van der Waals surface area contributed by atoms with Crippen molar-refractivity contribution >= 4 is 11.6 Å². The zero-order chi connectivity index (χ0) is 17.8. The van der Waals surface area contributed by atoms with E-state index in [0.717, 1.165) is 37.6 Å². The molecule has 0 bridgehead atoms. The lowest BCUT2D eigenvalue weighted by atomic mass is 10.0.